The molecule has 0 radical (unpaired) electrons. The summed E-state index contributed by atoms with van der Waals surface area (Å²) in [5, 5.41) is 0. The molecule has 1 atom stereocenters. The number of hydrogen-bond acceptors (Lipinski definition) is 4. The van der Waals surface area contributed by atoms with E-state index in [4.69, 9.17) is 4.74 Å². The van der Waals surface area contributed by atoms with Crippen LogP contribution in [0.3, 0.4) is 0 Å². The Morgan fingerprint density at radius 2 is 1.80 bits per heavy atom. The Bertz CT molecular complexity index is 943. The number of ether oxygens (including phenoxy) is 1. The number of hydrogen-bond donors (Lipinski definition) is 0. The van der Waals surface area contributed by atoms with Gasteiger partial charge in [-0.3, -0.25) is 4.79 Å². The van der Waals surface area contributed by atoms with Crippen LogP contribution in [0.2, 0.25) is 0 Å². The summed E-state index contributed by atoms with van der Waals surface area (Å²) in [6, 6.07) is 15.8. The topological polar surface area (TPSA) is 66.9 Å². The summed E-state index contributed by atoms with van der Waals surface area (Å²) < 4.78 is 32.4. The van der Waals surface area contributed by atoms with E-state index in [9.17, 15) is 13.2 Å². The summed E-state index contributed by atoms with van der Waals surface area (Å²) in [6.45, 7) is 5.57. The quantitative estimate of drug-likeness (QED) is 0.673. The standard InChI is InChI=1S/C23H30N2O4S/c1-18(2)24(3)30(27,28)22-13-11-20(12-14-22)23(26)25-15-7-8-19(16-25)17-29-21-9-5-4-6-10-21/h4-6,9-14,18-19H,7-8,15-17H2,1-3H3. The van der Waals surface area contributed by atoms with Gasteiger partial charge in [0.25, 0.3) is 5.91 Å². The van der Waals surface area contributed by atoms with Gasteiger partial charge >= 0.3 is 0 Å². The Morgan fingerprint density at radius 1 is 1.13 bits per heavy atom. The second-order valence-electron chi connectivity index (χ2n) is 8.02. The minimum atomic E-state index is -3.56. The first-order chi connectivity index (χ1) is 14.3. The van der Waals surface area contributed by atoms with Gasteiger partial charge in [0.1, 0.15) is 5.75 Å². The van der Waals surface area contributed by atoms with Gasteiger partial charge in [-0.15, -0.1) is 0 Å². The molecule has 0 spiro atoms. The largest absolute Gasteiger partial charge is 0.493 e. The Morgan fingerprint density at radius 3 is 2.43 bits per heavy atom. The molecule has 0 bridgehead atoms. The van der Waals surface area contributed by atoms with Gasteiger partial charge in [-0.1, -0.05) is 18.2 Å². The Kier molecular flexibility index (Phi) is 7.15. The minimum Gasteiger partial charge on any atom is -0.493 e. The van der Waals surface area contributed by atoms with E-state index in [0.29, 0.717) is 25.3 Å². The maximum absolute atomic E-state index is 12.9. The van der Waals surface area contributed by atoms with E-state index in [2.05, 4.69) is 0 Å². The van der Waals surface area contributed by atoms with Gasteiger partial charge in [0.05, 0.1) is 11.5 Å². The predicted molar refractivity (Wildman–Crippen MR) is 117 cm³/mol. The predicted octanol–water partition coefficient (Wildman–Crippen LogP) is 3.65. The monoisotopic (exact) mass is 430 g/mol. The summed E-state index contributed by atoms with van der Waals surface area (Å²) in [5.41, 5.74) is 0.505. The third kappa shape index (κ3) is 5.21. The molecule has 0 N–H and O–H groups in total. The zero-order chi connectivity index (χ0) is 21.7. The number of likely N-dealkylation sites (tertiary alicyclic amines) is 1. The summed E-state index contributed by atoms with van der Waals surface area (Å²) >= 11 is 0. The Hall–Kier alpha value is -2.38. The molecule has 1 fully saturated rings. The molecule has 1 amide bonds. The van der Waals surface area contributed by atoms with Gasteiger partial charge in [0, 0.05) is 37.7 Å². The average molecular weight is 431 g/mol. The van der Waals surface area contributed by atoms with Crippen molar-refractivity contribution >= 4 is 15.9 Å². The van der Waals surface area contributed by atoms with Crippen LogP contribution >= 0.6 is 0 Å². The summed E-state index contributed by atoms with van der Waals surface area (Å²) in [4.78, 5) is 15.0. The first-order valence-corrected chi connectivity index (χ1v) is 11.8. The van der Waals surface area contributed by atoms with E-state index >= 15 is 0 Å². The van der Waals surface area contributed by atoms with Gasteiger partial charge in [-0.25, -0.2) is 8.42 Å². The molecule has 162 valence electrons. The Labute approximate surface area is 179 Å². The molecule has 1 heterocycles. The maximum Gasteiger partial charge on any atom is 0.253 e. The van der Waals surface area contributed by atoms with E-state index < -0.39 is 10.0 Å². The van der Waals surface area contributed by atoms with Crippen molar-refractivity contribution in [2.45, 2.75) is 37.6 Å². The molecule has 1 aliphatic rings. The number of carbonyl (C=O) groups is 1. The van der Waals surface area contributed by atoms with Crippen LogP contribution in [0.4, 0.5) is 0 Å². The van der Waals surface area contributed by atoms with Crippen molar-refractivity contribution in [1.29, 1.82) is 0 Å². The highest BCUT2D eigenvalue weighted by molar-refractivity contribution is 7.89. The molecule has 1 unspecified atom stereocenters. The fraction of sp³-hybridized carbons (Fsp3) is 0.435. The van der Waals surface area contributed by atoms with E-state index in [1.54, 1.807) is 19.2 Å². The first-order valence-electron chi connectivity index (χ1n) is 10.3. The number of amides is 1. The number of sulfonamides is 1. The van der Waals surface area contributed by atoms with Crippen LogP contribution in [-0.4, -0.2) is 56.3 Å². The maximum atomic E-state index is 12.9. The van der Waals surface area contributed by atoms with Crippen LogP contribution in [0.1, 0.15) is 37.0 Å². The smallest absolute Gasteiger partial charge is 0.253 e. The van der Waals surface area contributed by atoms with Crippen LogP contribution in [0, 0.1) is 5.92 Å². The highest BCUT2D eigenvalue weighted by Gasteiger charge is 2.26. The Balaban J connectivity index is 1.63. The molecule has 2 aromatic carbocycles. The van der Waals surface area contributed by atoms with Gasteiger partial charge in [-0.05, 0) is 63.1 Å². The molecule has 2 aromatic rings. The molecule has 0 saturated carbocycles. The van der Waals surface area contributed by atoms with E-state index in [0.717, 1.165) is 18.6 Å². The summed E-state index contributed by atoms with van der Waals surface area (Å²) in [6.07, 6.45) is 1.95. The van der Waals surface area contributed by atoms with E-state index in [1.807, 2.05) is 49.1 Å². The molecule has 30 heavy (non-hydrogen) atoms. The van der Waals surface area contributed by atoms with Crippen molar-refractivity contribution < 1.29 is 17.9 Å². The molecular formula is C23H30N2O4S. The van der Waals surface area contributed by atoms with Gasteiger partial charge < -0.3 is 9.64 Å². The van der Waals surface area contributed by atoms with E-state index in [-0.39, 0.29) is 22.8 Å². The number of rotatable bonds is 7. The third-order valence-corrected chi connectivity index (χ3v) is 7.59. The molecule has 1 aliphatic heterocycles. The van der Waals surface area contributed by atoms with Crippen molar-refractivity contribution in [3.63, 3.8) is 0 Å². The first kappa shape index (κ1) is 22.3. The highest BCUT2D eigenvalue weighted by Crippen LogP contribution is 2.22. The fourth-order valence-electron chi connectivity index (χ4n) is 3.51. The molecule has 0 aliphatic carbocycles. The lowest BCUT2D eigenvalue weighted by atomic mass is 9.98. The lowest BCUT2D eigenvalue weighted by Gasteiger charge is -2.32. The SMILES string of the molecule is CC(C)N(C)S(=O)(=O)c1ccc(C(=O)N2CCCC(COc3ccccc3)C2)cc1. The lowest BCUT2D eigenvalue weighted by Crippen LogP contribution is -2.41. The summed E-state index contributed by atoms with van der Waals surface area (Å²) in [5.74, 6) is 1.05. The van der Waals surface area contributed by atoms with Crippen molar-refractivity contribution in [3.05, 3.63) is 60.2 Å². The van der Waals surface area contributed by atoms with Crippen LogP contribution < -0.4 is 4.74 Å². The zero-order valence-electron chi connectivity index (χ0n) is 17.8. The highest BCUT2D eigenvalue weighted by atomic mass is 32.2. The second kappa shape index (κ2) is 9.62. The fourth-order valence-corrected chi connectivity index (χ4v) is 4.88. The number of carbonyl (C=O) groups excluding carboxylic acids is 1. The van der Waals surface area contributed by atoms with Crippen molar-refractivity contribution in [2.75, 3.05) is 26.7 Å². The molecule has 7 heteroatoms. The molecular weight excluding hydrogens is 400 g/mol. The van der Waals surface area contributed by atoms with Crippen molar-refractivity contribution in [1.82, 2.24) is 9.21 Å². The van der Waals surface area contributed by atoms with Crippen LogP contribution in [0.15, 0.2) is 59.5 Å². The molecule has 1 saturated heterocycles. The third-order valence-electron chi connectivity index (χ3n) is 5.54. The molecule has 3 rings (SSSR count). The number of piperidine rings is 1. The van der Waals surface area contributed by atoms with Crippen molar-refractivity contribution in [2.24, 2.45) is 5.92 Å². The van der Waals surface area contributed by atoms with Crippen LogP contribution in [0.5, 0.6) is 5.75 Å². The number of nitrogens with zero attached hydrogens (tertiary/aromatic N) is 2. The second-order valence-corrected chi connectivity index (χ2v) is 10.0. The normalized spacial score (nSPS) is 17.4. The lowest BCUT2D eigenvalue weighted by molar-refractivity contribution is 0.0633. The van der Waals surface area contributed by atoms with Crippen molar-refractivity contribution in [3.8, 4) is 5.75 Å². The molecule has 6 nitrogen and oxygen atoms in total. The van der Waals surface area contributed by atoms with Gasteiger partial charge in [-0.2, -0.15) is 4.31 Å². The van der Waals surface area contributed by atoms with Crippen LogP contribution in [0.25, 0.3) is 0 Å². The van der Waals surface area contributed by atoms with Crippen LogP contribution in [-0.2, 0) is 10.0 Å². The average Bonchev–Trinajstić information content (AvgIpc) is 2.77. The zero-order valence-corrected chi connectivity index (χ0v) is 18.6. The summed E-state index contributed by atoms with van der Waals surface area (Å²) in [7, 11) is -2.00. The number of benzene rings is 2. The molecule has 0 aromatic heterocycles. The minimum absolute atomic E-state index is 0.0689. The van der Waals surface area contributed by atoms with Gasteiger partial charge in [0.15, 0.2) is 0 Å². The van der Waals surface area contributed by atoms with E-state index in [1.165, 1.54) is 16.4 Å². The number of para-hydroxylation sites is 1. The van der Waals surface area contributed by atoms with Gasteiger partial charge in [0.2, 0.25) is 10.0 Å².